The van der Waals surface area contributed by atoms with E-state index in [0.29, 0.717) is 5.92 Å². The molecule has 0 aromatic rings. The van der Waals surface area contributed by atoms with Crippen LogP contribution in [0.5, 0.6) is 0 Å². The van der Waals surface area contributed by atoms with E-state index in [9.17, 15) is 0 Å². The summed E-state index contributed by atoms with van der Waals surface area (Å²) in [6.07, 6.45) is 8.47. The SMILES string of the molecule is NNC(C1=CCCO1)C1CCCC1. The maximum absolute atomic E-state index is 5.56. The van der Waals surface area contributed by atoms with Crippen molar-refractivity contribution in [3.8, 4) is 0 Å². The number of hydrogen-bond donors (Lipinski definition) is 2. The van der Waals surface area contributed by atoms with Gasteiger partial charge < -0.3 is 4.74 Å². The molecule has 3 heteroatoms. The van der Waals surface area contributed by atoms with Crippen molar-refractivity contribution >= 4 is 0 Å². The number of rotatable bonds is 3. The predicted molar refractivity (Wildman–Crippen MR) is 51.7 cm³/mol. The van der Waals surface area contributed by atoms with Crippen molar-refractivity contribution in [1.82, 2.24) is 5.43 Å². The minimum absolute atomic E-state index is 0.269. The normalized spacial score (nSPS) is 25.8. The van der Waals surface area contributed by atoms with E-state index in [0.717, 1.165) is 18.8 Å². The van der Waals surface area contributed by atoms with Gasteiger partial charge in [0.25, 0.3) is 0 Å². The summed E-state index contributed by atoms with van der Waals surface area (Å²) in [5, 5.41) is 0. The molecule has 13 heavy (non-hydrogen) atoms. The summed E-state index contributed by atoms with van der Waals surface area (Å²) in [6.45, 7) is 0.834. The molecule has 0 saturated heterocycles. The van der Waals surface area contributed by atoms with Gasteiger partial charge in [-0.15, -0.1) is 0 Å². The molecule has 2 aliphatic rings. The molecule has 0 amide bonds. The third-order valence-electron chi connectivity index (χ3n) is 3.09. The van der Waals surface area contributed by atoms with Gasteiger partial charge in [-0.05, 0) is 24.8 Å². The van der Waals surface area contributed by atoms with Gasteiger partial charge in [0, 0.05) is 6.42 Å². The van der Waals surface area contributed by atoms with E-state index in [1.165, 1.54) is 25.7 Å². The van der Waals surface area contributed by atoms with Crippen LogP contribution in [0.2, 0.25) is 0 Å². The van der Waals surface area contributed by atoms with Crippen molar-refractivity contribution in [3.63, 3.8) is 0 Å². The first-order valence-electron chi connectivity index (χ1n) is 5.21. The lowest BCUT2D eigenvalue weighted by Gasteiger charge is -2.23. The fraction of sp³-hybridized carbons (Fsp3) is 0.800. The van der Waals surface area contributed by atoms with E-state index in [4.69, 9.17) is 10.6 Å². The molecule has 3 nitrogen and oxygen atoms in total. The summed E-state index contributed by atoms with van der Waals surface area (Å²) in [6, 6.07) is 0.269. The molecular formula is C10H18N2O. The van der Waals surface area contributed by atoms with Crippen molar-refractivity contribution in [2.75, 3.05) is 6.61 Å². The average molecular weight is 182 g/mol. The van der Waals surface area contributed by atoms with Gasteiger partial charge in [0.2, 0.25) is 0 Å². The Hall–Kier alpha value is -0.540. The second kappa shape index (κ2) is 4.11. The van der Waals surface area contributed by atoms with Crippen LogP contribution in [-0.4, -0.2) is 12.6 Å². The first-order chi connectivity index (χ1) is 6.42. The average Bonchev–Trinajstić information content (AvgIpc) is 2.76. The highest BCUT2D eigenvalue weighted by Gasteiger charge is 2.29. The Bertz CT molecular complexity index is 197. The summed E-state index contributed by atoms with van der Waals surface area (Å²) in [5.74, 6) is 7.33. The third kappa shape index (κ3) is 1.86. The van der Waals surface area contributed by atoms with Gasteiger partial charge in [-0.25, -0.2) is 5.43 Å². The van der Waals surface area contributed by atoms with Crippen LogP contribution >= 0.6 is 0 Å². The molecule has 1 aliphatic heterocycles. The number of ether oxygens (including phenoxy) is 1. The molecule has 1 atom stereocenters. The van der Waals surface area contributed by atoms with E-state index >= 15 is 0 Å². The van der Waals surface area contributed by atoms with E-state index in [1.54, 1.807) is 0 Å². The van der Waals surface area contributed by atoms with Gasteiger partial charge in [0.1, 0.15) is 5.76 Å². The highest BCUT2D eigenvalue weighted by Crippen LogP contribution is 2.31. The molecule has 0 aromatic carbocycles. The molecule has 0 spiro atoms. The van der Waals surface area contributed by atoms with Gasteiger partial charge in [-0.1, -0.05) is 12.8 Å². The standard InChI is InChI=1S/C10H18N2O/c11-12-10(8-4-1-2-5-8)9-6-3-7-13-9/h6,8,10,12H,1-5,7,11H2. The molecule has 1 unspecified atom stereocenters. The lowest BCUT2D eigenvalue weighted by molar-refractivity contribution is 0.193. The summed E-state index contributed by atoms with van der Waals surface area (Å²) >= 11 is 0. The van der Waals surface area contributed by atoms with Crippen LogP contribution in [0, 0.1) is 5.92 Å². The van der Waals surface area contributed by atoms with Gasteiger partial charge in [-0.3, -0.25) is 5.84 Å². The highest BCUT2D eigenvalue weighted by molar-refractivity contribution is 5.09. The van der Waals surface area contributed by atoms with E-state index < -0.39 is 0 Å². The maximum Gasteiger partial charge on any atom is 0.111 e. The Morgan fingerprint density at radius 1 is 1.46 bits per heavy atom. The molecule has 0 radical (unpaired) electrons. The predicted octanol–water partition coefficient (Wildman–Crippen LogP) is 1.31. The molecule has 0 bridgehead atoms. The van der Waals surface area contributed by atoms with Crippen molar-refractivity contribution < 1.29 is 4.74 Å². The van der Waals surface area contributed by atoms with E-state index in [2.05, 4.69) is 11.5 Å². The number of nitrogens with two attached hydrogens (primary N) is 1. The fourth-order valence-electron chi connectivity index (χ4n) is 2.39. The van der Waals surface area contributed by atoms with Crippen molar-refractivity contribution in [1.29, 1.82) is 0 Å². The minimum Gasteiger partial charge on any atom is -0.496 e. The number of hydrazine groups is 1. The van der Waals surface area contributed by atoms with Gasteiger partial charge in [-0.2, -0.15) is 0 Å². The Morgan fingerprint density at radius 3 is 2.77 bits per heavy atom. The maximum atomic E-state index is 5.56. The quantitative estimate of drug-likeness (QED) is 0.511. The fourth-order valence-corrected chi connectivity index (χ4v) is 2.39. The Labute approximate surface area is 79.3 Å². The zero-order chi connectivity index (χ0) is 9.10. The summed E-state index contributed by atoms with van der Waals surface area (Å²) in [5.41, 5.74) is 2.89. The monoisotopic (exact) mass is 182 g/mol. The number of hydrogen-bond acceptors (Lipinski definition) is 3. The van der Waals surface area contributed by atoms with Gasteiger partial charge in [0.05, 0.1) is 12.6 Å². The molecule has 74 valence electrons. The molecule has 0 aromatic heterocycles. The molecule has 1 fully saturated rings. The first-order valence-corrected chi connectivity index (χ1v) is 5.21. The Kier molecular flexibility index (Phi) is 2.86. The van der Waals surface area contributed by atoms with Crippen LogP contribution in [0.4, 0.5) is 0 Å². The smallest absolute Gasteiger partial charge is 0.111 e. The summed E-state index contributed by atoms with van der Waals surface area (Å²) in [4.78, 5) is 0. The molecule has 1 saturated carbocycles. The van der Waals surface area contributed by atoms with Gasteiger partial charge in [0.15, 0.2) is 0 Å². The van der Waals surface area contributed by atoms with Crippen molar-refractivity contribution in [2.45, 2.75) is 38.1 Å². The van der Waals surface area contributed by atoms with Crippen LogP contribution in [0.1, 0.15) is 32.1 Å². The topological polar surface area (TPSA) is 47.3 Å². The Balaban J connectivity index is 1.98. The summed E-state index contributed by atoms with van der Waals surface area (Å²) in [7, 11) is 0. The van der Waals surface area contributed by atoms with Gasteiger partial charge >= 0.3 is 0 Å². The third-order valence-corrected chi connectivity index (χ3v) is 3.09. The largest absolute Gasteiger partial charge is 0.496 e. The molecule has 1 heterocycles. The minimum atomic E-state index is 0.269. The second-order valence-electron chi connectivity index (χ2n) is 3.93. The van der Waals surface area contributed by atoms with Crippen LogP contribution in [-0.2, 0) is 4.74 Å². The summed E-state index contributed by atoms with van der Waals surface area (Å²) < 4.78 is 5.54. The molecule has 2 rings (SSSR count). The van der Waals surface area contributed by atoms with Crippen LogP contribution in [0.3, 0.4) is 0 Å². The highest BCUT2D eigenvalue weighted by atomic mass is 16.5. The zero-order valence-corrected chi connectivity index (χ0v) is 7.96. The zero-order valence-electron chi connectivity index (χ0n) is 7.96. The number of nitrogens with one attached hydrogen (secondary N) is 1. The van der Waals surface area contributed by atoms with Crippen molar-refractivity contribution in [3.05, 3.63) is 11.8 Å². The van der Waals surface area contributed by atoms with Crippen LogP contribution in [0.25, 0.3) is 0 Å². The van der Waals surface area contributed by atoms with Crippen molar-refractivity contribution in [2.24, 2.45) is 11.8 Å². The lowest BCUT2D eigenvalue weighted by Crippen LogP contribution is -2.41. The first kappa shape index (κ1) is 9.03. The van der Waals surface area contributed by atoms with Crippen LogP contribution in [0.15, 0.2) is 11.8 Å². The van der Waals surface area contributed by atoms with E-state index in [-0.39, 0.29) is 6.04 Å². The second-order valence-corrected chi connectivity index (χ2v) is 3.93. The molecule has 3 N–H and O–H groups in total. The van der Waals surface area contributed by atoms with Crippen LogP contribution < -0.4 is 11.3 Å². The van der Waals surface area contributed by atoms with E-state index in [1.807, 2.05) is 0 Å². The molecular weight excluding hydrogens is 164 g/mol. The molecule has 1 aliphatic carbocycles. The Morgan fingerprint density at radius 2 is 2.23 bits per heavy atom. The lowest BCUT2D eigenvalue weighted by atomic mass is 9.97.